The molecule has 0 atom stereocenters. The summed E-state index contributed by atoms with van der Waals surface area (Å²) in [6.45, 7) is 4.11. The largest absolute Gasteiger partial charge is 0.368 e. The molecule has 3 N–H and O–H groups in total. The number of thioether (sulfide) groups is 1. The van der Waals surface area contributed by atoms with Gasteiger partial charge in [-0.25, -0.2) is 0 Å². The Morgan fingerprint density at radius 3 is 2.69 bits per heavy atom. The van der Waals surface area contributed by atoms with Gasteiger partial charge in [0.05, 0.1) is 11.5 Å². The molecule has 1 fully saturated rings. The Labute approximate surface area is 174 Å². The fraction of sp³-hybridized carbons (Fsp3) is 0.333. The predicted molar refractivity (Wildman–Crippen MR) is 117 cm³/mol. The number of aromatic nitrogens is 4. The Balaban J connectivity index is 1.38. The van der Waals surface area contributed by atoms with Crippen molar-refractivity contribution >= 4 is 35.1 Å². The predicted octanol–water partition coefficient (Wildman–Crippen LogP) is 4.07. The van der Waals surface area contributed by atoms with Crippen LogP contribution in [0.25, 0.3) is 0 Å². The summed E-state index contributed by atoms with van der Waals surface area (Å²) < 4.78 is 2.30. The van der Waals surface area contributed by atoms with E-state index in [1.807, 2.05) is 43.3 Å². The molecular weight excluding hydrogens is 384 g/mol. The SMILES string of the molecule is Cc1cc(C(=O)CSCc2nc(N)nc(Nc3ccccc3)n2)c(C)n1C1CC1. The van der Waals surface area contributed by atoms with Crippen molar-refractivity contribution in [1.82, 2.24) is 19.5 Å². The number of anilines is 3. The Morgan fingerprint density at radius 1 is 1.21 bits per heavy atom. The maximum absolute atomic E-state index is 12.7. The van der Waals surface area contributed by atoms with Crippen molar-refractivity contribution in [2.45, 2.75) is 38.5 Å². The lowest BCUT2D eigenvalue weighted by Crippen LogP contribution is -2.08. The van der Waals surface area contributed by atoms with Crippen molar-refractivity contribution in [1.29, 1.82) is 0 Å². The van der Waals surface area contributed by atoms with Gasteiger partial charge in [-0.2, -0.15) is 15.0 Å². The number of ketones is 1. The highest BCUT2D eigenvalue weighted by atomic mass is 32.2. The maximum atomic E-state index is 12.7. The van der Waals surface area contributed by atoms with Gasteiger partial charge in [0.15, 0.2) is 5.78 Å². The van der Waals surface area contributed by atoms with E-state index in [4.69, 9.17) is 5.73 Å². The van der Waals surface area contributed by atoms with Gasteiger partial charge in [-0.1, -0.05) is 18.2 Å². The number of carbonyl (C=O) groups is 1. The number of Topliss-reactive ketones (excluding diaryl/α,β-unsaturated/α-hetero) is 1. The second-order valence-corrected chi connectivity index (χ2v) is 8.21. The van der Waals surface area contributed by atoms with Gasteiger partial charge in [0, 0.05) is 28.7 Å². The topological polar surface area (TPSA) is 98.7 Å². The summed E-state index contributed by atoms with van der Waals surface area (Å²) in [6.07, 6.45) is 2.41. The molecule has 0 amide bonds. The van der Waals surface area contributed by atoms with Gasteiger partial charge in [-0.15, -0.1) is 11.8 Å². The van der Waals surface area contributed by atoms with Crippen LogP contribution in [0.15, 0.2) is 36.4 Å². The summed E-state index contributed by atoms with van der Waals surface area (Å²) in [6, 6.07) is 12.2. The zero-order valence-electron chi connectivity index (χ0n) is 16.6. The molecule has 3 aromatic rings. The highest BCUT2D eigenvalue weighted by Crippen LogP contribution is 2.38. The summed E-state index contributed by atoms with van der Waals surface area (Å²) in [7, 11) is 0. The number of nitrogen functional groups attached to an aromatic ring is 1. The van der Waals surface area contributed by atoms with Crippen LogP contribution in [0.3, 0.4) is 0 Å². The van der Waals surface area contributed by atoms with Gasteiger partial charge in [0.2, 0.25) is 11.9 Å². The molecule has 8 heteroatoms. The van der Waals surface area contributed by atoms with Crippen molar-refractivity contribution in [3.8, 4) is 0 Å². The van der Waals surface area contributed by atoms with Crippen LogP contribution in [0.5, 0.6) is 0 Å². The lowest BCUT2D eigenvalue weighted by Gasteiger charge is -2.08. The van der Waals surface area contributed by atoms with E-state index >= 15 is 0 Å². The van der Waals surface area contributed by atoms with Crippen molar-refractivity contribution in [2.24, 2.45) is 0 Å². The normalized spacial score (nSPS) is 13.4. The van der Waals surface area contributed by atoms with E-state index in [9.17, 15) is 4.79 Å². The first-order chi connectivity index (χ1) is 14.0. The van der Waals surface area contributed by atoms with Crippen LogP contribution in [0.1, 0.15) is 46.5 Å². The maximum Gasteiger partial charge on any atom is 0.232 e. The first-order valence-electron chi connectivity index (χ1n) is 9.63. The fourth-order valence-electron chi connectivity index (χ4n) is 3.48. The molecule has 0 spiro atoms. The van der Waals surface area contributed by atoms with E-state index in [-0.39, 0.29) is 11.7 Å². The number of rotatable bonds is 8. The minimum Gasteiger partial charge on any atom is -0.368 e. The van der Waals surface area contributed by atoms with Crippen molar-refractivity contribution < 1.29 is 4.79 Å². The van der Waals surface area contributed by atoms with E-state index in [0.29, 0.717) is 29.3 Å². The highest BCUT2D eigenvalue weighted by molar-refractivity contribution is 7.99. The monoisotopic (exact) mass is 408 g/mol. The number of aryl methyl sites for hydroxylation is 1. The second kappa shape index (κ2) is 8.24. The minimum atomic E-state index is 0.139. The average molecular weight is 409 g/mol. The molecule has 2 heterocycles. The number of nitrogens with zero attached hydrogens (tertiary/aromatic N) is 4. The molecule has 0 unspecified atom stereocenters. The summed E-state index contributed by atoms with van der Waals surface area (Å²) in [4.78, 5) is 25.5. The number of carbonyl (C=O) groups excluding carboxylic acids is 1. The van der Waals surface area contributed by atoms with Crippen LogP contribution >= 0.6 is 11.8 Å². The molecule has 1 aromatic carbocycles. The third kappa shape index (κ3) is 4.59. The standard InChI is InChI=1S/C21H24N6OS/c1-13-10-17(14(2)27(13)16-8-9-16)18(28)11-29-12-19-24-20(22)26-21(25-19)23-15-6-4-3-5-7-15/h3-7,10,16H,8-9,11-12H2,1-2H3,(H3,22,23,24,25,26). The fourth-order valence-corrected chi connectivity index (χ4v) is 4.23. The molecule has 29 heavy (non-hydrogen) atoms. The van der Waals surface area contributed by atoms with Gasteiger partial charge >= 0.3 is 0 Å². The van der Waals surface area contributed by atoms with Crippen molar-refractivity contribution in [3.63, 3.8) is 0 Å². The van der Waals surface area contributed by atoms with E-state index in [1.165, 1.54) is 30.3 Å². The lowest BCUT2D eigenvalue weighted by molar-refractivity contribution is 0.102. The highest BCUT2D eigenvalue weighted by Gasteiger charge is 2.28. The summed E-state index contributed by atoms with van der Waals surface area (Å²) in [5.41, 5.74) is 9.77. The van der Waals surface area contributed by atoms with E-state index < -0.39 is 0 Å². The van der Waals surface area contributed by atoms with Gasteiger partial charge in [0.1, 0.15) is 5.82 Å². The third-order valence-corrected chi connectivity index (χ3v) is 5.82. The number of hydrogen-bond donors (Lipinski definition) is 2. The van der Waals surface area contributed by atoms with Gasteiger partial charge in [0.25, 0.3) is 0 Å². The zero-order chi connectivity index (χ0) is 20.4. The molecule has 1 aliphatic carbocycles. The van der Waals surface area contributed by atoms with Crippen molar-refractivity contribution in [3.05, 3.63) is 59.2 Å². The number of hydrogen-bond acceptors (Lipinski definition) is 7. The van der Waals surface area contributed by atoms with Crippen LogP contribution in [0.4, 0.5) is 17.6 Å². The number of nitrogens with one attached hydrogen (secondary N) is 1. The molecule has 4 rings (SSSR count). The molecule has 1 saturated carbocycles. The van der Waals surface area contributed by atoms with Crippen LogP contribution < -0.4 is 11.1 Å². The summed E-state index contributed by atoms with van der Waals surface area (Å²) >= 11 is 1.49. The van der Waals surface area contributed by atoms with Gasteiger partial charge in [-0.05, 0) is 44.9 Å². The van der Waals surface area contributed by atoms with Crippen molar-refractivity contribution in [2.75, 3.05) is 16.8 Å². The Kier molecular flexibility index (Phi) is 5.53. The molecule has 0 bridgehead atoms. The minimum absolute atomic E-state index is 0.139. The van der Waals surface area contributed by atoms with E-state index in [1.54, 1.807) is 0 Å². The summed E-state index contributed by atoms with van der Waals surface area (Å²) in [5, 5.41) is 3.12. The Morgan fingerprint density at radius 2 is 1.97 bits per heavy atom. The molecule has 2 aromatic heterocycles. The molecule has 0 radical (unpaired) electrons. The van der Waals surface area contributed by atoms with Crippen LogP contribution in [0.2, 0.25) is 0 Å². The van der Waals surface area contributed by atoms with Crippen LogP contribution in [-0.4, -0.2) is 31.1 Å². The van der Waals surface area contributed by atoms with Gasteiger partial charge < -0.3 is 15.6 Å². The zero-order valence-corrected chi connectivity index (χ0v) is 17.4. The molecule has 0 aliphatic heterocycles. The Hall–Kier alpha value is -2.87. The lowest BCUT2D eigenvalue weighted by atomic mass is 10.2. The number of benzene rings is 1. The quantitative estimate of drug-likeness (QED) is 0.542. The Bertz CT molecular complexity index is 1030. The molecule has 0 saturated heterocycles. The van der Waals surface area contributed by atoms with Crippen LogP contribution in [0, 0.1) is 13.8 Å². The molecule has 7 nitrogen and oxygen atoms in total. The first-order valence-corrected chi connectivity index (χ1v) is 10.8. The number of nitrogens with two attached hydrogens (primary N) is 1. The van der Waals surface area contributed by atoms with Crippen LogP contribution in [-0.2, 0) is 5.75 Å². The van der Waals surface area contributed by atoms with E-state index in [2.05, 4.69) is 31.8 Å². The first kappa shape index (κ1) is 19.4. The van der Waals surface area contributed by atoms with E-state index in [0.717, 1.165) is 16.9 Å². The molecule has 150 valence electrons. The smallest absolute Gasteiger partial charge is 0.232 e. The molecular formula is C21H24N6OS. The third-order valence-electron chi connectivity index (χ3n) is 4.89. The second-order valence-electron chi connectivity index (χ2n) is 7.23. The van der Waals surface area contributed by atoms with Gasteiger partial charge in [-0.3, -0.25) is 4.79 Å². The summed E-state index contributed by atoms with van der Waals surface area (Å²) in [5.74, 6) is 2.12. The number of para-hydroxylation sites is 1. The molecule has 1 aliphatic rings. The average Bonchev–Trinajstić information content (AvgIpc) is 3.46.